The van der Waals surface area contributed by atoms with Crippen LogP contribution in [-0.2, 0) is 19.9 Å². The Labute approximate surface area is 159 Å². The number of benzene rings is 1. The second kappa shape index (κ2) is 7.19. The molecule has 1 aromatic carbocycles. The van der Waals surface area contributed by atoms with E-state index in [-0.39, 0.29) is 24.6 Å². The van der Waals surface area contributed by atoms with Gasteiger partial charge in [-0.1, -0.05) is 0 Å². The average Bonchev–Trinajstić information content (AvgIpc) is 3.14. The molecular weight excluding hydrogens is 412 g/mol. The van der Waals surface area contributed by atoms with E-state index in [0.29, 0.717) is 11.3 Å². The van der Waals surface area contributed by atoms with Gasteiger partial charge in [-0.3, -0.25) is 4.98 Å². The van der Waals surface area contributed by atoms with Crippen molar-refractivity contribution in [1.82, 2.24) is 4.98 Å². The molecule has 0 atom stereocenters. The van der Waals surface area contributed by atoms with E-state index in [2.05, 4.69) is 4.98 Å². The van der Waals surface area contributed by atoms with Gasteiger partial charge in [0.1, 0.15) is 14.2 Å². The minimum Gasteiger partial charge on any atom is -0.423 e. The van der Waals surface area contributed by atoms with Crippen molar-refractivity contribution in [3.63, 3.8) is 0 Å². The lowest BCUT2D eigenvalue weighted by Crippen LogP contribution is -2.10. The molecule has 0 radical (unpaired) electrons. The predicted octanol–water partition coefficient (Wildman–Crippen LogP) is 1.84. The molecule has 0 unspecified atom stereocenters. The number of nitrogens with zero attached hydrogens (tertiary/aromatic N) is 1. The van der Waals surface area contributed by atoms with E-state index in [1.165, 1.54) is 48.8 Å². The Hall–Kier alpha value is -2.60. The third-order valence-electron chi connectivity index (χ3n) is 3.34. The number of hydrogen-bond acceptors (Lipinski definition) is 8. The molecule has 2 heterocycles. The molecule has 3 rings (SSSR count). The van der Waals surface area contributed by atoms with Crippen LogP contribution in [-0.4, -0.2) is 27.8 Å². The topological polar surface area (TPSA) is 133 Å². The fourth-order valence-electron chi connectivity index (χ4n) is 2.05. The van der Waals surface area contributed by atoms with E-state index in [1.807, 2.05) is 0 Å². The van der Waals surface area contributed by atoms with Gasteiger partial charge in [-0.2, -0.15) is 0 Å². The predicted molar refractivity (Wildman–Crippen MR) is 96.8 cm³/mol. The summed E-state index contributed by atoms with van der Waals surface area (Å²) in [6.07, 6.45) is 2.86. The van der Waals surface area contributed by atoms with Crippen LogP contribution in [0.5, 0.6) is 5.75 Å². The fraction of sp³-hybridized carbons (Fsp3) is 0. The van der Waals surface area contributed by atoms with Crippen LogP contribution in [0, 0.1) is 0 Å². The zero-order valence-corrected chi connectivity index (χ0v) is 15.9. The van der Waals surface area contributed by atoms with Gasteiger partial charge in [0, 0.05) is 12.4 Å². The van der Waals surface area contributed by atoms with Crippen LogP contribution in [0.1, 0.15) is 10.4 Å². The van der Waals surface area contributed by atoms with Gasteiger partial charge in [0.15, 0.2) is 0 Å². The van der Waals surface area contributed by atoms with Gasteiger partial charge in [-0.15, -0.1) is 11.3 Å². The lowest BCUT2D eigenvalue weighted by molar-refractivity contribution is 0.0734. The second-order valence-electron chi connectivity index (χ2n) is 5.22. The largest absolute Gasteiger partial charge is 0.423 e. The second-order valence-corrected chi connectivity index (χ2v) is 10.3. The number of carbonyl (C=O) groups is 1. The lowest BCUT2D eigenvalue weighted by Gasteiger charge is -2.06. The molecule has 0 bridgehead atoms. The first-order valence-corrected chi connectivity index (χ1v) is 11.1. The van der Waals surface area contributed by atoms with Gasteiger partial charge in [-0.25, -0.2) is 26.8 Å². The van der Waals surface area contributed by atoms with Crippen molar-refractivity contribution >= 4 is 37.2 Å². The maximum absolute atomic E-state index is 12.6. The van der Waals surface area contributed by atoms with Crippen LogP contribution in [0.15, 0.2) is 74.2 Å². The number of nitrogens with two attached hydrogens (primary N) is 1. The molecule has 8 nitrogen and oxygen atoms in total. The molecule has 140 valence electrons. The molecule has 0 aliphatic heterocycles. The van der Waals surface area contributed by atoms with E-state index >= 15 is 0 Å². The highest BCUT2D eigenvalue weighted by atomic mass is 32.3. The number of thiophene rings is 1. The molecule has 11 heteroatoms. The van der Waals surface area contributed by atoms with Crippen molar-refractivity contribution in [3.05, 3.63) is 66.5 Å². The quantitative estimate of drug-likeness (QED) is 0.488. The molecule has 3 aromatic rings. The number of esters is 1. The SMILES string of the molecule is NS(=O)(=O)c1ccc(S(=O)(=O)c2ccc(OC(=O)c3cccnc3)cc2)s1. The van der Waals surface area contributed by atoms with Crippen molar-refractivity contribution in [2.24, 2.45) is 5.14 Å². The Morgan fingerprint density at radius 3 is 2.19 bits per heavy atom. The maximum Gasteiger partial charge on any atom is 0.345 e. The summed E-state index contributed by atoms with van der Waals surface area (Å²) in [6, 6.07) is 10.6. The van der Waals surface area contributed by atoms with Crippen LogP contribution in [0.2, 0.25) is 0 Å². The van der Waals surface area contributed by atoms with Crippen LogP contribution in [0.3, 0.4) is 0 Å². The van der Waals surface area contributed by atoms with Crippen molar-refractivity contribution in [2.45, 2.75) is 13.3 Å². The van der Waals surface area contributed by atoms with E-state index < -0.39 is 25.8 Å². The van der Waals surface area contributed by atoms with Crippen molar-refractivity contribution in [2.75, 3.05) is 0 Å². The molecule has 0 amide bonds. The number of sulfone groups is 1. The number of hydrogen-bond donors (Lipinski definition) is 1. The van der Waals surface area contributed by atoms with Gasteiger partial charge < -0.3 is 4.74 Å². The lowest BCUT2D eigenvalue weighted by atomic mass is 10.3. The molecule has 0 saturated carbocycles. The highest BCUT2D eigenvalue weighted by Gasteiger charge is 2.23. The monoisotopic (exact) mass is 424 g/mol. The highest BCUT2D eigenvalue weighted by molar-refractivity contribution is 7.95. The number of sulfonamides is 1. The Morgan fingerprint density at radius 2 is 1.63 bits per heavy atom. The first kappa shape index (κ1) is 19.2. The zero-order valence-electron chi connectivity index (χ0n) is 13.5. The molecule has 0 saturated heterocycles. The number of aromatic nitrogens is 1. The van der Waals surface area contributed by atoms with Crippen molar-refractivity contribution < 1.29 is 26.4 Å². The first-order chi connectivity index (χ1) is 12.7. The molecule has 2 N–H and O–H groups in total. The highest BCUT2D eigenvalue weighted by Crippen LogP contribution is 2.30. The third-order valence-corrected chi connectivity index (χ3v) is 8.13. The average molecular weight is 424 g/mol. The molecule has 0 aliphatic rings. The molecule has 27 heavy (non-hydrogen) atoms. The van der Waals surface area contributed by atoms with Gasteiger partial charge in [-0.05, 0) is 48.5 Å². The van der Waals surface area contributed by atoms with Gasteiger partial charge in [0.2, 0.25) is 19.9 Å². The standard InChI is InChI=1S/C16H12N2O6S3/c17-27(22,23)15-8-7-14(25-15)26(20,21)13-5-3-12(4-6-13)24-16(19)11-2-1-9-18-10-11/h1-10H,(H2,17,22,23). The first-order valence-electron chi connectivity index (χ1n) is 7.28. The third kappa shape index (κ3) is 4.22. The normalized spacial score (nSPS) is 11.9. The fourth-order valence-corrected chi connectivity index (χ4v) is 5.64. The number of ether oxygens (including phenoxy) is 1. The summed E-state index contributed by atoms with van der Waals surface area (Å²) in [6.45, 7) is 0. The van der Waals surface area contributed by atoms with E-state index in [0.717, 1.165) is 6.07 Å². The summed E-state index contributed by atoms with van der Waals surface area (Å²) in [4.78, 5) is 15.7. The summed E-state index contributed by atoms with van der Waals surface area (Å²) in [7, 11) is -7.91. The molecule has 0 fully saturated rings. The summed E-state index contributed by atoms with van der Waals surface area (Å²) < 4.78 is 52.6. The zero-order chi connectivity index (χ0) is 19.7. The molecular formula is C16H12N2O6S3. The van der Waals surface area contributed by atoms with Gasteiger partial charge in [0.05, 0.1) is 10.5 Å². The van der Waals surface area contributed by atoms with Gasteiger partial charge >= 0.3 is 5.97 Å². The van der Waals surface area contributed by atoms with Crippen LogP contribution < -0.4 is 9.88 Å². The number of carbonyl (C=O) groups excluding carboxylic acids is 1. The Kier molecular flexibility index (Phi) is 5.11. The summed E-state index contributed by atoms with van der Waals surface area (Å²) in [5, 5.41) is 5.00. The minimum atomic E-state index is -3.98. The summed E-state index contributed by atoms with van der Waals surface area (Å²) in [5.74, 6) is -0.478. The van der Waals surface area contributed by atoms with Crippen molar-refractivity contribution in [1.29, 1.82) is 0 Å². The van der Waals surface area contributed by atoms with E-state index in [4.69, 9.17) is 9.88 Å². The molecule has 0 aliphatic carbocycles. The smallest absolute Gasteiger partial charge is 0.345 e. The number of pyridine rings is 1. The van der Waals surface area contributed by atoms with E-state index in [9.17, 15) is 21.6 Å². The summed E-state index contributed by atoms with van der Waals surface area (Å²) in [5.41, 5.74) is 0.253. The Morgan fingerprint density at radius 1 is 0.963 bits per heavy atom. The van der Waals surface area contributed by atoms with Gasteiger partial charge in [0.25, 0.3) is 0 Å². The number of rotatable bonds is 5. The summed E-state index contributed by atoms with van der Waals surface area (Å²) >= 11 is 0.560. The maximum atomic E-state index is 12.6. The molecule has 2 aromatic heterocycles. The molecule has 0 spiro atoms. The number of primary sulfonamides is 1. The van der Waals surface area contributed by atoms with Crippen LogP contribution in [0.25, 0.3) is 0 Å². The Bertz CT molecular complexity index is 1180. The minimum absolute atomic E-state index is 0.0773. The van der Waals surface area contributed by atoms with Crippen LogP contribution >= 0.6 is 11.3 Å². The van der Waals surface area contributed by atoms with Crippen molar-refractivity contribution in [3.8, 4) is 5.75 Å². The van der Waals surface area contributed by atoms with Crippen LogP contribution in [0.4, 0.5) is 0 Å². The Balaban J connectivity index is 1.82. The van der Waals surface area contributed by atoms with E-state index in [1.54, 1.807) is 6.07 Å².